The fraction of sp³-hybridized carbons (Fsp3) is 0.286. The normalized spacial score (nSPS) is 15.7. The molecule has 0 radical (unpaired) electrons. The predicted octanol–water partition coefficient (Wildman–Crippen LogP) is 4.66. The van der Waals surface area contributed by atoms with Crippen molar-refractivity contribution in [1.29, 1.82) is 0 Å². The fourth-order valence-corrected chi connectivity index (χ4v) is 3.92. The van der Waals surface area contributed by atoms with Gasteiger partial charge in [0.25, 0.3) is 5.91 Å². The summed E-state index contributed by atoms with van der Waals surface area (Å²) in [5.41, 5.74) is 1.49. The Morgan fingerprint density at radius 1 is 1.14 bits per heavy atom. The molecule has 0 aliphatic carbocycles. The van der Waals surface area contributed by atoms with Crippen LogP contribution in [0, 0.1) is 0 Å². The molecule has 1 aliphatic rings. The predicted molar refractivity (Wildman–Crippen MR) is 134 cm³/mol. The topological polar surface area (TPSA) is 85.3 Å². The smallest absolute Gasteiger partial charge is 0.290 e. The van der Waals surface area contributed by atoms with E-state index < -0.39 is 23.5 Å². The van der Waals surface area contributed by atoms with Crippen molar-refractivity contribution in [2.45, 2.75) is 19.4 Å². The van der Waals surface area contributed by atoms with Gasteiger partial charge in [-0.1, -0.05) is 55.1 Å². The Morgan fingerprint density at radius 2 is 1.91 bits per heavy atom. The molecule has 0 spiro atoms. The van der Waals surface area contributed by atoms with E-state index in [1.165, 1.54) is 11.0 Å². The third-order valence-electron chi connectivity index (χ3n) is 5.48. The van der Waals surface area contributed by atoms with Crippen LogP contribution in [0.15, 0.2) is 78.6 Å². The summed E-state index contributed by atoms with van der Waals surface area (Å²) < 4.78 is 16.6. The number of carbonyl (C=O) groups excluding carboxylic acids is 2. The molecular weight excluding hydrogens is 446 g/mol. The lowest BCUT2D eigenvalue weighted by atomic mass is 9.95. The number of hydrogen-bond acceptors (Lipinski definition) is 6. The minimum absolute atomic E-state index is 0.0295. The molecule has 0 bridgehead atoms. The molecule has 1 unspecified atom stereocenters. The van der Waals surface area contributed by atoms with Gasteiger partial charge in [-0.2, -0.15) is 0 Å². The molecule has 1 atom stereocenters. The first-order valence-electron chi connectivity index (χ1n) is 11.5. The molecular formula is C28H31NO6. The summed E-state index contributed by atoms with van der Waals surface area (Å²) in [5, 5.41) is 10.8. The van der Waals surface area contributed by atoms with Crippen molar-refractivity contribution < 1.29 is 28.9 Å². The molecule has 1 amide bonds. The monoisotopic (exact) mass is 477 g/mol. The van der Waals surface area contributed by atoms with Crippen LogP contribution in [0.1, 0.15) is 30.5 Å². The summed E-state index contributed by atoms with van der Waals surface area (Å²) in [5.74, 6) is -0.568. The second kappa shape index (κ2) is 12.6. The van der Waals surface area contributed by atoms with Gasteiger partial charge in [0, 0.05) is 20.3 Å². The second-order valence-electron chi connectivity index (χ2n) is 7.86. The van der Waals surface area contributed by atoms with Gasteiger partial charge in [0.1, 0.15) is 6.61 Å². The molecule has 1 N–H and O–H groups in total. The first-order chi connectivity index (χ1) is 17.0. The van der Waals surface area contributed by atoms with E-state index in [0.717, 1.165) is 5.56 Å². The van der Waals surface area contributed by atoms with E-state index in [0.29, 0.717) is 49.8 Å². The number of amides is 1. The van der Waals surface area contributed by atoms with Gasteiger partial charge in [0.15, 0.2) is 23.0 Å². The van der Waals surface area contributed by atoms with E-state index in [1.54, 1.807) is 37.5 Å². The number of ether oxygens (including phenoxy) is 3. The second-order valence-corrected chi connectivity index (χ2v) is 7.86. The van der Waals surface area contributed by atoms with E-state index in [2.05, 4.69) is 6.58 Å². The number of aliphatic hydroxyl groups excluding tert-OH is 1. The maximum Gasteiger partial charge on any atom is 0.290 e. The number of aliphatic hydroxyl groups is 1. The molecule has 1 heterocycles. The Kier molecular flexibility index (Phi) is 9.26. The summed E-state index contributed by atoms with van der Waals surface area (Å²) in [6.45, 7) is 6.97. The van der Waals surface area contributed by atoms with Gasteiger partial charge < -0.3 is 24.2 Å². The zero-order valence-electron chi connectivity index (χ0n) is 20.1. The number of benzene rings is 2. The summed E-state index contributed by atoms with van der Waals surface area (Å²) in [6, 6.07) is 13.8. The van der Waals surface area contributed by atoms with Gasteiger partial charge in [-0.05, 0) is 42.7 Å². The molecule has 2 aromatic carbocycles. The number of nitrogens with zero attached hydrogens (tertiary/aromatic N) is 1. The average molecular weight is 478 g/mol. The van der Waals surface area contributed by atoms with E-state index in [9.17, 15) is 14.7 Å². The average Bonchev–Trinajstić information content (AvgIpc) is 3.12. The van der Waals surface area contributed by atoms with Crippen molar-refractivity contribution in [2.75, 3.05) is 33.5 Å². The van der Waals surface area contributed by atoms with Crippen LogP contribution < -0.4 is 9.47 Å². The molecule has 2 aromatic rings. The molecule has 35 heavy (non-hydrogen) atoms. The Labute approximate surface area is 205 Å². The Balaban J connectivity index is 2.01. The van der Waals surface area contributed by atoms with Crippen molar-refractivity contribution in [1.82, 2.24) is 4.90 Å². The molecule has 7 nitrogen and oxygen atoms in total. The number of ketones is 1. The molecule has 7 heteroatoms. The van der Waals surface area contributed by atoms with E-state index >= 15 is 0 Å². The highest BCUT2D eigenvalue weighted by atomic mass is 16.5. The van der Waals surface area contributed by atoms with Crippen LogP contribution in [0.2, 0.25) is 0 Å². The van der Waals surface area contributed by atoms with Gasteiger partial charge >= 0.3 is 0 Å². The lowest BCUT2D eigenvalue weighted by Gasteiger charge is -2.27. The van der Waals surface area contributed by atoms with Gasteiger partial charge in [-0.25, -0.2) is 0 Å². The number of methoxy groups -OCH3 is 1. The van der Waals surface area contributed by atoms with Crippen molar-refractivity contribution >= 4 is 17.8 Å². The molecule has 0 aromatic heterocycles. The zero-order chi connectivity index (χ0) is 25.2. The summed E-state index contributed by atoms with van der Waals surface area (Å²) in [6.07, 6.45) is 5.22. The number of hydrogen-bond donors (Lipinski definition) is 1. The van der Waals surface area contributed by atoms with E-state index in [1.807, 2.05) is 37.3 Å². The number of allylic oxidation sites excluding steroid dienone is 1. The third kappa shape index (κ3) is 6.19. The van der Waals surface area contributed by atoms with Crippen molar-refractivity contribution in [3.63, 3.8) is 0 Å². The van der Waals surface area contributed by atoms with Crippen molar-refractivity contribution in [3.05, 3.63) is 89.7 Å². The molecule has 184 valence electrons. The quantitative estimate of drug-likeness (QED) is 0.257. The van der Waals surface area contributed by atoms with Crippen LogP contribution in [0.3, 0.4) is 0 Å². The molecule has 1 aliphatic heterocycles. The van der Waals surface area contributed by atoms with Crippen LogP contribution in [0.5, 0.6) is 11.5 Å². The van der Waals surface area contributed by atoms with Gasteiger partial charge in [0.05, 0.1) is 18.2 Å². The largest absolute Gasteiger partial charge is 0.503 e. The molecule has 0 saturated heterocycles. The van der Waals surface area contributed by atoms with Crippen molar-refractivity contribution in [3.8, 4) is 11.5 Å². The highest BCUT2D eigenvalue weighted by Gasteiger charge is 2.42. The first kappa shape index (κ1) is 25.8. The zero-order valence-corrected chi connectivity index (χ0v) is 20.1. The lowest BCUT2D eigenvalue weighted by Crippen LogP contribution is -2.32. The Morgan fingerprint density at radius 3 is 2.60 bits per heavy atom. The summed E-state index contributed by atoms with van der Waals surface area (Å²) >= 11 is 0. The molecule has 0 fully saturated rings. The summed E-state index contributed by atoms with van der Waals surface area (Å²) in [4.78, 5) is 27.8. The van der Waals surface area contributed by atoms with Gasteiger partial charge in [-0.15, -0.1) is 0 Å². The maximum atomic E-state index is 13.3. The highest BCUT2D eigenvalue weighted by Crippen LogP contribution is 2.41. The third-order valence-corrected chi connectivity index (χ3v) is 5.48. The minimum atomic E-state index is -0.778. The van der Waals surface area contributed by atoms with Gasteiger partial charge in [0.2, 0.25) is 0 Å². The summed E-state index contributed by atoms with van der Waals surface area (Å²) in [7, 11) is 1.58. The maximum absolute atomic E-state index is 13.3. The Hall–Kier alpha value is -3.84. The lowest BCUT2D eigenvalue weighted by molar-refractivity contribution is -0.129. The van der Waals surface area contributed by atoms with Crippen LogP contribution in [-0.2, 0) is 14.3 Å². The first-order valence-corrected chi connectivity index (χ1v) is 11.5. The molecule has 0 saturated carbocycles. The number of rotatable bonds is 13. The minimum Gasteiger partial charge on any atom is -0.503 e. The van der Waals surface area contributed by atoms with Crippen LogP contribution >= 0.6 is 0 Å². The van der Waals surface area contributed by atoms with Crippen LogP contribution in [0.4, 0.5) is 0 Å². The molecule has 3 rings (SSSR count). The Bertz CT molecular complexity index is 1110. The highest BCUT2D eigenvalue weighted by molar-refractivity contribution is 6.14. The van der Waals surface area contributed by atoms with Crippen molar-refractivity contribution in [2.24, 2.45) is 0 Å². The van der Waals surface area contributed by atoms with E-state index in [4.69, 9.17) is 14.2 Å². The van der Waals surface area contributed by atoms with Gasteiger partial charge in [-0.3, -0.25) is 9.59 Å². The standard InChI is InChI=1S/C28H31NO6/c1-4-17-35-23-15-13-21(19-24(23)34-5-2)26-25(22(30)14-12-20-10-7-6-8-11-20)27(31)28(32)29(26)16-9-18-33-3/h4,6-8,10-15,19,26,31H,1,5,9,16-18H2,2-3H3. The SMILES string of the molecule is C=CCOc1ccc(C2C(C(=O)C=Cc3ccccc3)=C(O)C(=O)N2CCCOC)cc1OCC. The van der Waals surface area contributed by atoms with Crippen LogP contribution in [-0.4, -0.2) is 55.2 Å². The fourth-order valence-electron chi connectivity index (χ4n) is 3.92. The van der Waals surface area contributed by atoms with Crippen LogP contribution in [0.25, 0.3) is 6.08 Å². The van der Waals surface area contributed by atoms with E-state index in [-0.39, 0.29) is 5.57 Å². The number of carbonyl (C=O) groups is 2.